The summed E-state index contributed by atoms with van der Waals surface area (Å²) >= 11 is 4.24. The lowest BCUT2D eigenvalue weighted by molar-refractivity contribution is 0.103. The second-order valence-corrected chi connectivity index (χ2v) is 4.27. The van der Waals surface area contributed by atoms with E-state index in [1.54, 1.807) is 17.5 Å². The van der Waals surface area contributed by atoms with Gasteiger partial charge in [-0.3, -0.25) is 4.79 Å². The fourth-order valence-corrected chi connectivity index (χ4v) is 2.10. The van der Waals surface area contributed by atoms with Crippen molar-refractivity contribution in [2.75, 3.05) is 0 Å². The molecular formula is C10H5BrFNOS. The first-order chi connectivity index (χ1) is 7.20. The van der Waals surface area contributed by atoms with Crippen LogP contribution < -0.4 is 0 Å². The number of benzene rings is 1. The number of ketones is 1. The Morgan fingerprint density at radius 3 is 2.87 bits per heavy atom. The molecule has 0 saturated carbocycles. The van der Waals surface area contributed by atoms with Crippen molar-refractivity contribution in [2.24, 2.45) is 0 Å². The van der Waals surface area contributed by atoms with Crippen LogP contribution in [0.1, 0.15) is 16.1 Å². The maximum absolute atomic E-state index is 13.2. The van der Waals surface area contributed by atoms with E-state index in [4.69, 9.17) is 0 Å². The zero-order valence-electron chi connectivity index (χ0n) is 7.41. The predicted molar refractivity (Wildman–Crippen MR) is 59.6 cm³/mol. The van der Waals surface area contributed by atoms with Crippen LogP contribution in [0.3, 0.4) is 0 Å². The summed E-state index contributed by atoms with van der Waals surface area (Å²) in [5.74, 6) is -0.723. The maximum atomic E-state index is 13.2. The number of halogens is 2. The summed E-state index contributed by atoms with van der Waals surface area (Å²) in [5, 5.41) is 1.71. The Hall–Kier alpha value is -1.07. The average molecular weight is 286 g/mol. The normalized spacial score (nSPS) is 10.3. The summed E-state index contributed by atoms with van der Waals surface area (Å²) in [6, 6.07) is 5.97. The molecule has 0 saturated heterocycles. The quantitative estimate of drug-likeness (QED) is 0.793. The second kappa shape index (κ2) is 4.20. The van der Waals surface area contributed by atoms with Crippen LogP contribution in [0.4, 0.5) is 4.39 Å². The smallest absolute Gasteiger partial charge is 0.213 e. The molecule has 2 aromatic rings. The van der Waals surface area contributed by atoms with Crippen LogP contribution in [0.15, 0.2) is 34.1 Å². The fourth-order valence-electron chi connectivity index (χ4n) is 1.15. The molecule has 1 heterocycles. The first-order valence-corrected chi connectivity index (χ1v) is 5.72. The number of hydrogen-bond donors (Lipinski definition) is 0. The summed E-state index contributed by atoms with van der Waals surface area (Å²) in [4.78, 5) is 11.8. The van der Waals surface area contributed by atoms with Crippen molar-refractivity contribution >= 4 is 33.2 Å². The summed E-state index contributed by atoms with van der Waals surface area (Å²) < 4.78 is 17.3. The minimum absolute atomic E-state index is 0.183. The van der Waals surface area contributed by atoms with Gasteiger partial charge < -0.3 is 0 Å². The van der Waals surface area contributed by atoms with E-state index in [1.165, 1.54) is 23.7 Å². The highest BCUT2D eigenvalue weighted by molar-refractivity contribution is 9.10. The third-order valence-electron chi connectivity index (χ3n) is 1.87. The molecule has 0 bridgehead atoms. The standard InChI is InChI=1S/C10H5BrFNOS/c11-9-6(2-1-3-7(9)12)10(14)8-4-5-15-13-8/h1-5H. The van der Waals surface area contributed by atoms with E-state index in [9.17, 15) is 9.18 Å². The zero-order chi connectivity index (χ0) is 10.8. The molecule has 2 rings (SSSR count). The van der Waals surface area contributed by atoms with Gasteiger partial charge in [-0.1, -0.05) is 6.07 Å². The van der Waals surface area contributed by atoms with E-state index >= 15 is 0 Å². The van der Waals surface area contributed by atoms with E-state index in [-0.39, 0.29) is 10.3 Å². The molecule has 76 valence electrons. The fraction of sp³-hybridized carbons (Fsp3) is 0. The Morgan fingerprint density at radius 2 is 2.20 bits per heavy atom. The van der Waals surface area contributed by atoms with Crippen LogP contribution in [0.25, 0.3) is 0 Å². The Morgan fingerprint density at radius 1 is 1.40 bits per heavy atom. The molecule has 0 N–H and O–H groups in total. The Labute approximate surface area is 98.0 Å². The van der Waals surface area contributed by atoms with E-state index in [2.05, 4.69) is 20.3 Å². The van der Waals surface area contributed by atoms with E-state index in [1.807, 2.05) is 0 Å². The van der Waals surface area contributed by atoms with Gasteiger partial charge in [0.25, 0.3) is 0 Å². The van der Waals surface area contributed by atoms with Crippen molar-refractivity contribution in [2.45, 2.75) is 0 Å². The maximum Gasteiger partial charge on any atom is 0.213 e. The van der Waals surface area contributed by atoms with Crippen LogP contribution in [0.2, 0.25) is 0 Å². The van der Waals surface area contributed by atoms with Gasteiger partial charge in [-0.15, -0.1) is 0 Å². The van der Waals surface area contributed by atoms with E-state index in [0.717, 1.165) is 0 Å². The first kappa shape index (κ1) is 10.4. The van der Waals surface area contributed by atoms with Gasteiger partial charge in [0.05, 0.1) is 4.47 Å². The van der Waals surface area contributed by atoms with Crippen LogP contribution in [-0.4, -0.2) is 10.2 Å². The third-order valence-corrected chi connectivity index (χ3v) is 3.23. The second-order valence-electron chi connectivity index (χ2n) is 2.82. The SMILES string of the molecule is O=C(c1ccsn1)c1cccc(F)c1Br. The van der Waals surface area contributed by atoms with Crippen molar-refractivity contribution in [3.63, 3.8) is 0 Å². The van der Waals surface area contributed by atoms with Gasteiger partial charge in [-0.25, -0.2) is 4.39 Å². The van der Waals surface area contributed by atoms with Gasteiger partial charge >= 0.3 is 0 Å². The molecule has 2 nitrogen and oxygen atoms in total. The lowest BCUT2D eigenvalue weighted by Crippen LogP contribution is -2.03. The third kappa shape index (κ3) is 1.98. The number of carbonyl (C=O) groups excluding carboxylic acids is 1. The van der Waals surface area contributed by atoms with Crippen molar-refractivity contribution in [3.8, 4) is 0 Å². The van der Waals surface area contributed by atoms with Gasteiger partial charge in [-0.05, 0) is 45.7 Å². The van der Waals surface area contributed by atoms with Crippen molar-refractivity contribution in [3.05, 3.63) is 51.2 Å². The van der Waals surface area contributed by atoms with E-state index < -0.39 is 5.82 Å². The van der Waals surface area contributed by atoms with Crippen LogP contribution in [-0.2, 0) is 0 Å². The predicted octanol–water partition coefficient (Wildman–Crippen LogP) is 3.28. The number of hydrogen-bond acceptors (Lipinski definition) is 3. The van der Waals surface area contributed by atoms with Gasteiger partial charge in [0.1, 0.15) is 11.5 Å². The van der Waals surface area contributed by atoms with E-state index in [0.29, 0.717) is 11.3 Å². The average Bonchev–Trinajstić information content (AvgIpc) is 2.74. The van der Waals surface area contributed by atoms with Crippen LogP contribution >= 0.6 is 27.5 Å². The van der Waals surface area contributed by atoms with Crippen molar-refractivity contribution in [1.29, 1.82) is 0 Å². The molecule has 0 aliphatic heterocycles. The molecule has 15 heavy (non-hydrogen) atoms. The minimum Gasteiger partial charge on any atom is -0.287 e. The number of aromatic nitrogens is 1. The molecule has 0 amide bonds. The summed E-state index contributed by atoms with van der Waals surface area (Å²) in [6.45, 7) is 0. The molecule has 0 unspecified atom stereocenters. The molecule has 0 spiro atoms. The molecule has 0 fully saturated rings. The minimum atomic E-state index is -0.448. The highest BCUT2D eigenvalue weighted by atomic mass is 79.9. The molecular weight excluding hydrogens is 281 g/mol. The lowest BCUT2D eigenvalue weighted by atomic mass is 10.1. The molecule has 0 atom stereocenters. The Kier molecular flexibility index (Phi) is 2.93. The molecule has 5 heteroatoms. The summed E-state index contributed by atoms with van der Waals surface area (Å²) in [6.07, 6.45) is 0. The van der Waals surface area contributed by atoms with Gasteiger partial charge in [0, 0.05) is 10.9 Å². The number of nitrogens with zero attached hydrogens (tertiary/aromatic N) is 1. The van der Waals surface area contributed by atoms with Crippen LogP contribution in [0.5, 0.6) is 0 Å². The zero-order valence-corrected chi connectivity index (χ0v) is 9.81. The molecule has 1 aromatic carbocycles. The first-order valence-electron chi connectivity index (χ1n) is 4.09. The molecule has 0 aliphatic rings. The molecule has 1 aromatic heterocycles. The monoisotopic (exact) mass is 285 g/mol. The molecule has 0 aliphatic carbocycles. The van der Waals surface area contributed by atoms with Crippen molar-refractivity contribution < 1.29 is 9.18 Å². The topological polar surface area (TPSA) is 30.0 Å². The molecule has 0 radical (unpaired) electrons. The Balaban J connectivity index is 2.47. The van der Waals surface area contributed by atoms with Crippen molar-refractivity contribution in [1.82, 2.24) is 4.37 Å². The summed E-state index contributed by atoms with van der Waals surface area (Å²) in [5.41, 5.74) is 0.632. The lowest BCUT2D eigenvalue weighted by Gasteiger charge is -2.01. The summed E-state index contributed by atoms with van der Waals surface area (Å²) in [7, 11) is 0. The van der Waals surface area contributed by atoms with Gasteiger partial charge in [-0.2, -0.15) is 4.37 Å². The van der Waals surface area contributed by atoms with Gasteiger partial charge in [0.2, 0.25) is 5.78 Å². The number of carbonyl (C=O) groups is 1. The van der Waals surface area contributed by atoms with Gasteiger partial charge in [0.15, 0.2) is 0 Å². The number of rotatable bonds is 2. The van der Waals surface area contributed by atoms with Crippen LogP contribution in [0, 0.1) is 5.82 Å². The largest absolute Gasteiger partial charge is 0.287 e. The highest BCUT2D eigenvalue weighted by Gasteiger charge is 2.16. The Bertz CT molecular complexity index is 498. The highest BCUT2D eigenvalue weighted by Crippen LogP contribution is 2.22.